The summed E-state index contributed by atoms with van der Waals surface area (Å²) in [5.41, 5.74) is 4.03. The van der Waals surface area contributed by atoms with E-state index in [1.807, 2.05) is 24.3 Å². The molecule has 3 aromatic rings. The van der Waals surface area contributed by atoms with Gasteiger partial charge >= 0.3 is 5.97 Å². The van der Waals surface area contributed by atoms with Crippen molar-refractivity contribution in [1.82, 2.24) is 15.2 Å². The number of aryl methyl sites for hydroxylation is 1. The number of aromatic amines is 1. The van der Waals surface area contributed by atoms with E-state index >= 15 is 0 Å². The fourth-order valence-corrected chi connectivity index (χ4v) is 4.33. The number of carboxylic acid groups (broad SMARTS) is 1. The first kappa shape index (κ1) is 20.5. The number of hydrogen-bond donors (Lipinski definition) is 2. The topological polar surface area (TPSA) is 82.1 Å². The normalized spacial score (nSPS) is 14.3. The number of nitrogens with one attached hydrogen (secondary N) is 1. The zero-order valence-electron chi connectivity index (χ0n) is 16.4. The number of aromatic nitrogens is 3. The SMILES string of the molecule is Cc1cc(/C=C(/Sc2n[nH]c(-c3ccc(Cl)cc3)n2)C(=O)O)ccc1N1CCCC1. The van der Waals surface area contributed by atoms with Gasteiger partial charge in [-0.2, -0.15) is 0 Å². The van der Waals surface area contributed by atoms with Gasteiger partial charge in [0.1, 0.15) is 4.91 Å². The van der Waals surface area contributed by atoms with Crippen molar-refractivity contribution in [3.8, 4) is 11.4 Å². The van der Waals surface area contributed by atoms with Gasteiger partial charge in [0, 0.05) is 29.4 Å². The van der Waals surface area contributed by atoms with E-state index in [0.29, 0.717) is 16.0 Å². The van der Waals surface area contributed by atoms with Gasteiger partial charge in [0.05, 0.1) is 0 Å². The monoisotopic (exact) mass is 440 g/mol. The van der Waals surface area contributed by atoms with Crippen LogP contribution in [0.1, 0.15) is 24.0 Å². The van der Waals surface area contributed by atoms with Crippen molar-refractivity contribution >= 4 is 41.1 Å². The van der Waals surface area contributed by atoms with Crippen LogP contribution in [0.5, 0.6) is 0 Å². The van der Waals surface area contributed by atoms with Gasteiger partial charge < -0.3 is 10.0 Å². The second kappa shape index (κ2) is 8.93. The number of benzene rings is 2. The summed E-state index contributed by atoms with van der Waals surface area (Å²) >= 11 is 6.93. The Hall–Kier alpha value is -2.77. The molecule has 4 rings (SSSR count). The van der Waals surface area contributed by atoms with Gasteiger partial charge in [0.15, 0.2) is 5.82 Å². The minimum Gasteiger partial charge on any atom is -0.477 e. The summed E-state index contributed by atoms with van der Waals surface area (Å²) in [6.45, 7) is 4.21. The van der Waals surface area contributed by atoms with Crippen LogP contribution in [0, 0.1) is 6.92 Å². The van der Waals surface area contributed by atoms with Crippen molar-refractivity contribution < 1.29 is 9.90 Å². The van der Waals surface area contributed by atoms with Crippen molar-refractivity contribution in [3.63, 3.8) is 0 Å². The molecule has 154 valence electrons. The summed E-state index contributed by atoms with van der Waals surface area (Å²) in [5.74, 6) is -0.455. The molecule has 0 bridgehead atoms. The zero-order chi connectivity index (χ0) is 21.1. The lowest BCUT2D eigenvalue weighted by Gasteiger charge is -2.20. The second-order valence-electron chi connectivity index (χ2n) is 7.13. The molecule has 1 saturated heterocycles. The standard InChI is InChI=1S/C22H21ClN4O2S/c1-14-12-15(4-9-18(14)27-10-2-3-11-27)13-19(21(28)29)30-22-24-20(25-26-22)16-5-7-17(23)8-6-16/h4-9,12-13H,2-3,10-11H2,1H3,(H,28,29)(H,24,25,26)/b19-13+. The highest BCUT2D eigenvalue weighted by Gasteiger charge is 2.16. The summed E-state index contributed by atoms with van der Waals surface area (Å²) in [4.78, 5) is 18.7. The first-order chi connectivity index (χ1) is 14.5. The molecule has 0 aliphatic carbocycles. The summed E-state index contributed by atoms with van der Waals surface area (Å²) in [6.07, 6.45) is 4.09. The predicted molar refractivity (Wildman–Crippen MR) is 121 cm³/mol. The maximum Gasteiger partial charge on any atom is 0.342 e. The highest BCUT2D eigenvalue weighted by Crippen LogP contribution is 2.30. The molecule has 2 aromatic carbocycles. The van der Waals surface area contributed by atoms with E-state index in [0.717, 1.165) is 41.5 Å². The lowest BCUT2D eigenvalue weighted by Crippen LogP contribution is -2.18. The van der Waals surface area contributed by atoms with E-state index in [1.54, 1.807) is 18.2 Å². The first-order valence-corrected chi connectivity index (χ1v) is 10.9. The van der Waals surface area contributed by atoms with Crippen molar-refractivity contribution in [1.29, 1.82) is 0 Å². The Kier molecular flexibility index (Phi) is 6.11. The van der Waals surface area contributed by atoms with E-state index in [4.69, 9.17) is 11.6 Å². The summed E-state index contributed by atoms with van der Waals surface area (Å²) in [6, 6.07) is 13.2. The van der Waals surface area contributed by atoms with Crippen LogP contribution in [0.15, 0.2) is 52.5 Å². The van der Waals surface area contributed by atoms with Gasteiger partial charge in [0.25, 0.3) is 0 Å². The molecule has 0 radical (unpaired) electrons. The van der Waals surface area contributed by atoms with Crippen LogP contribution < -0.4 is 4.90 Å². The van der Waals surface area contributed by atoms with Crippen molar-refractivity contribution in [3.05, 3.63) is 63.5 Å². The highest BCUT2D eigenvalue weighted by atomic mass is 35.5. The molecule has 0 unspecified atom stereocenters. The molecule has 0 spiro atoms. The molecule has 1 aliphatic heterocycles. The molecule has 30 heavy (non-hydrogen) atoms. The predicted octanol–water partition coefficient (Wildman–Crippen LogP) is 5.25. The van der Waals surface area contributed by atoms with Crippen LogP contribution in [0.3, 0.4) is 0 Å². The smallest absolute Gasteiger partial charge is 0.342 e. The number of rotatable bonds is 6. The Morgan fingerprint density at radius 2 is 1.93 bits per heavy atom. The van der Waals surface area contributed by atoms with Crippen LogP contribution in [-0.2, 0) is 4.79 Å². The molecule has 0 atom stereocenters. The molecule has 0 amide bonds. The lowest BCUT2D eigenvalue weighted by atomic mass is 10.1. The van der Waals surface area contributed by atoms with Crippen molar-refractivity contribution in [2.24, 2.45) is 0 Å². The highest BCUT2D eigenvalue weighted by molar-refractivity contribution is 8.04. The van der Waals surface area contributed by atoms with Crippen LogP contribution >= 0.6 is 23.4 Å². The summed E-state index contributed by atoms with van der Waals surface area (Å²) in [5, 5.41) is 17.6. The Bertz CT molecular complexity index is 1090. The Balaban J connectivity index is 1.54. The summed E-state index contributed by atoms with van der Waals surface area (Å²) in [7, 11) is 0. The minimum absolute atomic E-state index is 0.157. The fraction of sp³-hybridized carbons (Fsp3) is 0.227. The molecule has 6 nitrogen and oxygen atoms in total. The molecular weight excluding hydrogens is 420 g/mol. The van der Waals surface area contributed by atoms with Gasteiger partial charge in [-0.1, -0.05) is 17.7 Å². The largest absolute Gasteiger partial charge is 0.477 e. The second-order valence-corrected chi connectivity index (χ2v) is 8.57. The number of carbonyl (C=O) groups is 1. The van der Waals surface area contributed by atoms with E-state index in [1.165, 1.54) is 18.5 Å². The van der Waals surface area contributed by atoms with E-state index in [-0.39, 0.29) is 4.91 Å². The first-order valence-electron chi connectivity index (χ1n) is 9.66. The van der Waals surface area contributed by atoms with Crippen LogP contribution in [0.25, 0.3) is 17.5 Å². The maximum absolute atomic E-state index is 11.8. The molecule has 8 heteroatoms. The molecular formula is C22H21ClN4O2S. The Morgan fingerprint density at radius 1 is 1.20 bits per heavy atom. The number of aliphatic carboxylic acids is 1. The molecule has 1 fully saturated rings. The van der Waals surface area contributed by atoms with Crippen LogP contribution in [0.4, 0.5) is 5.69 Å². The summed E-state index contributed by atoms with van der Waals surface area (Å²) < 4.78 is 0. The third kappa shape index (κ3) is 4.68. The van der Waals surface area contributed by atoms with Crippen molar-refractivity contribution in [2.45, 2.75) is 24.9 Å². The van der Waals surface area contributed by atoms with Crippen LogP contribution in [-0.4, -0.2) is 39.3 Å². The molecule has 0 saturated carbocycles. The average Bonchev–Trinajstić information content (AvgIpc) is 3.40. The van der Waals surface area contributed by atoms with Gasteiger partial charge in [0.2, 0.25) is 5.16 Å². The maximum atomic E-state index is 11.8. The van der Waals surface area contributed by atoms with Gasteiger partial charge in [-0.3, -0.25) is 5.10 Å². The number of nitrogens with zero attached hydrogens (tertiary/aromatic N) is 3. The quantitative estimate of drug-likeness (QED) is 0.402. The minimum atomic E-state index is -1.01. The van der Waals surface area contributed by atoms with E-state index in [2.05, 4.69) is 33.1 Å². The van der Waals surface area contributed by atoms with Crippen LogP contribution in [0.2, 0.25) is 5.02 Å². The van der Waals surface area contributed by atoms with Gasteiger partial charge in [-0.05, 0) is 85.1 Å². The van der Waals surface area contributed by atoms with E-state index in [9.17, 15) is 9.90 Å². The molecule has 2 N–H and O–H groups in total. The van der Waals surface area contributed by atoms with Crippen molar-refractivity contribution in [2.75, 3.05) is 18.0 Å². The molecule has 1 aliphatic rings. The number of anilines is 1. The molecule has 2 heterocycles. The molecule has 1 aromatic heterocycles. The Labute approximate surface area is 184 Å². The lowest BCUT2D eigenvalue weighted by molar-refractivity contribution is -0.131. The number of halogens is 1. The number of thioether (sulfide) groups is 1. The Morgan fingerprint density at radius 3 is 2.60 bits per heavy atom. The van der Waals surface area contributed by atoms with E-state index < -0.39 is 5.97 Å². The number of H-pyrrole nitrogens is 1. The average molecular weight is 441 g/mol. The zero-order valence-corrected chi connectivity index (χ0v) is 18.0. The number of hydrogen-bond acceptors (Lipinski definition) is 5. The third-order valence-electron chi connectivity index (χ3n) is 4.96. The third-order valence-corrected chi connectivity index (χ3v) is 6.09. The van der Waals surface area contributed by atoms with Gasteiger partial charge in [-0.15, -0.1) is 5.10 Å². The number of carboxylic acids is 1. The van der Waals surface area contributed by atoms with Gasteiger partial charge in [-0.25, -0.2) is 9.78 Å². The fourth-order valence-electron chi connectivity index (χ4n) is 3.49.